The van der Waals surface area contributed by atoms with Gasteiger partial charge < -0.3 is 15.3 Å². The van der Waals surface area contributed by atoms with Crippen molar-refractivity contribution in [1.82, 2.24) is 20.2 Å². The van der Waals surface area contributed by atoms with Crippen molar-refractivity contribution >= 4 is 39.0 Å². The highest BCUT2D eigenvalue weighted by Crippen LogP contribution is 2.61. The second-order valence-corrected chi connectivity index (χ2v) is 13.9. The third-order valence-electron chi connectivity index (χ3n) is 11.0. The fourth-order valence-corrected chi connectivity index (χ4v) is 9.46. The van der Waals surface area contributed by atoms with Gasteiger partial charge in [-0.15, -0.1) is 0 Å². The van der Waals surface area contributed by atoms with Crippen molar-refractivity contribution in [3.63, 3.8) is 0 Å². The van der Waals surface area contributed by atoms with Crippen molar-refractivity contribution in [3.8, 4) is 17.0 Å². The number of halogens is 3. The predicted molar refractivity (Wildman–Crippen MR) is 165 cm³/mol. The van der Waals surface area contributed by atoms with Crippen LogP contribution in [0.25, 0.3) is 32.9 Å². The average Bonchev–Trinajstić information content (AvgIpc) is 3.46. The molecule has 0 radical (unpaired) electrons. The normalized spacial score (nSPS) is 31.8. The summed E-state index contributed by atoms with van der Waals surface area (Å²) in [5.74, 6) is 0.0356. The summed E-state index contributed by atoms with van der Waals surface area (Å²) in [7, 11) is 0. The number of piperazine rings is 1. The number of rotatable bonds is 4. The summed E-state index contributed by atoms with van der Waals surface area (Å²) in [6.45, 7) is 3.22. The smallest absolute Gasteiger partial charge is 0.175 e. The first kappa shape index (κ1) is 26.3. The number of pyridine rings is 2. The first-order chi connectivity index (χ1) is 20.9. The Labute approximate surface area is 254 Å². The molecule has 9 rings (SSSR count). The Hall–Kier alpha value is -3.07. The van der Waals surface area contributed by atoms with Crippen LogP contribution in [0.5, 0.6) is 5.75 Å². The number of nitrogens with one attached hydrogen (secondary N) is 1. The van der Waals surface area contributed by atoms with E-state index in [2.05, 4.69) is 26.2 Å². The number of alkyl halides is 1. The maximum absolute atomic E-state index is 16.8. The first-order valence-corrected chi connectivity index (χ1v) is 16.1. The lowest BCUT2D eigenvalue weighted by atomic mass is 9.86. The number of anilines is 1. The number of benzene rings is 2. The van der Waals surface area contributed by atoms with E-state index in [1.807, 2.05) is 12.1 Å². The lowest BCUT2D eigenvalue weighted by molar-refractivity contribution is 0.164. The van der Waals surface area contributed by atoms with Crippen LogP contribution in [0.2, 0.25) is 5.02 Å². The number of fused-ring (bicyclic) bond motifs is 5. The molecule has 6 heterocycles. The molecule has 2 aromatic carbocycles. The number of nitrogens with zero attached hydrogens (tertiary/aromatic N) is 4. The number of hydrogen-bond acceptors (Lipinski definition) is 6. The molecule has 5 fully saturated rings. The molecule has 2 aromatic heterocycles. The van der Waals surface area contributed by atoms with Crippen molar-refractivity contribution < 1.29 is 13.9 Å². The third-order valence-corrected chi connectivity index (χ3v) is 11.4. The molecule has 0 spiro atoms. The number of aromatic nitrogens is 2. The van der Waals surface area contributed by atoms with Crippen molar-refractivity contribution in [3.05, 3.63) is 59.1 Å². The van der Waals surface area contributed by atoms with Crippen LogP contribution >= 0.6 is 11.6 Å². The lowest BCUT2D eigenvalue weighted by Gasteiger charge is -2.35. The number of phenolic OH excluding ortho intramolecular Hbond substituents is 1. The van der Waals surface area contributed by atoms with Gasteiger partial charge in [0, 0.05) is 82.1 Å². The molecule has 4 saturated heterocycles. The molecule has 43 heavy (non-hydrogen) atoms. The van der Waals surface area contributed by atoms with Gasteiger partial charge in [0.05, 0.1) is 0 Å². The molecule has 1 saturated carbocycles. The predicted octanol–water partition coefficient (Wildman–Crippen LogP) is 6.57. The number of phenols is 1. The van der Waals surface area contributed by atoms with Crippen LogP contribution < -0.4 is 10.2 Å². The maximum Gasteiger partial charge on any atom is 0.175 e. The molecule has 5 unspecified atom stereocenters. The standard InChI is InChI=1S/C34H34ClF2N5O/c35-27-4-1-3-18-9-22(43)10-24(30(18)27)32-31(37)33-25(14-38-32)29(41-16-20-5-6-21(17-41)39-20)12-28(40-33)23-11-26(23)34-7-2-8-42(34)15-19(36)13-34/h1,3-4,9-10,12,14,19-21,23,26,39,43H,2,5-8,11,13,15-17H2/t19-,20?,21?,23?,26?,34?/m1/s1. The summed E-state index contributed by atoms with van der Waals surface area (Å²) < 4.78 is 31.5. The van der Waals surface area contributed by atoms with Gasteiger partial charge >= 0.3 is 0 Å². The SMILES string of the molecule is Oc1cc(-c2ncc3c(N4CC5CCC(C4)N5)cc(C4CC4C45CCCN4C[C@H](F)C5)nc3c2F)c2c(Cl)cccc2c1. The topological polar surface area (TPSA) is 64.5 Å². The van der Waals surface area contributed by atoms with Crippen molar-refractivity contribution in [2.45, 2.75) is 68.2 Å². The number of hydrogen-bond donors (Lipinski definition) is 2. The van der Waals surface area contributed by atoms with Crippen molar-refractivity contribution in [1.29, 1.82) is 0 Å². The minimum absolute atomic E-state index is 0.0219. The highest BCUT2D eigenvalue weighted by Gasteiger charge is 2.61. The highest BCUT2D eigenvalue weighted by molar-refractivity contribution is 6.36. The zero-order valence-electron chi connectivity index (χ0n) is 23.9. The van der Waals surface area contributed by atoms with E-state index in [1.54, 1.807) is 18.3 Å². The van der Waals surface area contributed by atoms with Crippen LogP contribution in [0.3, 0.4) is 0 Å². The average molecular weight is 602 g/mol. The van der Waals surface area contributed by atoms with Crippen LogP contribution in [0.15, 0.2) is 42.6 Å². The largest absolute Gasteiger partial charge is 0.508 e. The van der Waals surface area contributed by atoms with Gasteiger partial charge in [-0.05, 0) is 80.6 Å². The fourth-order valence-electron chi connectivity index (χ4n) is 9.17. The van der Waals surface area contributed by atoms with Crippen molar-refractivity contribution in [2.24, 2.45) is 5.92 Å². The molecule has 6 atom stereocenters. The Morgan fingerprint density at radius 2 is 1.93 bits per heavy atom. The minimum Gasteiger partial charge on any atom is -0.508 e. The van der Waals surface area contributed by atoms with E-state index >= 15 is 4.39 Å². The van der Waals surface area contributed by atoms with Gasteiger partial charge in [-0.2, -0.15) is 0 Å². The monoisotopic (exact) mass is 601 g/mol. The Balaban J connectivity index is 1.20. The van der Waals surface area contributed by atoms with Crippen LogP contribution in [0.4, 0.5) is 14.5 Å². The van der Waals surface area contributed by atoms with E-state index in [4.69, 9.17) is 16.6 Å². The van der Waals surface area contributed by atoms with E-state index in [0.717, 1.165) is 63.1 Å². The minimum atomic E-state index is -0.770. The second-order valence-electron chi connectivity index (χ2n) is 13.5. The Morgan fingerprint density at radius 3 is 2.77 bits per heavy atom. The summed E-state index contributed by atoms with van der Waals surface area (Å²) in [6, 6.07) is 11.6. The van der Waals surface area contributed by atoms with Gasteiger partial charge in [0.1, 0.15) is 23.1 Å². The Bertz CT molecular complexity index is 1790. The zero-order valence-corrected chi connectivity index (χ0v) is 24.6. The summed E-state index contributed by atoms with van der Waals surface area (Å²) in [5, 5.41) is 16.8. The molecule has 2 bridgehead atoms. The van der Waals surface area contributed by atoms with Gasteiger partial charge in [-0.3, -0.25) is 9.88 Å². The maximum atomic E-state index is 16.8. The number of aromatic hydroxyl groups is 1. The van der Waals surface area contributed by atoms with Gasteiger partial charge in [0.15, 0.2) is 5.82 Å². The molecule has 0 amide bonds. The molecule has 4 aliphatic heterocycles. The summed E-state index contributed by atoms with van der Waals surface area (Å²) in [5.41, 5.74) is 2.66. The Kier molecular flexibility index (Phi) is 5.80. The fraction of sp³-hybridized carbons (Fsp3) is 0.471. The summed E-state index contributed by atoms with van der Waals surface area (Å²) >= 11 is 6.61. The van der Waals surface area contributed by atoms with Crippen molar-refractivity contribution in [2.75, 3.05) is 31.1 Å². The lowest BCUT2D eigenvalue weighted by Crippen LogP contribution is -2.51. The molecular weight excluding hydrogens is 568 g/mol. The molecule has 2 N–H and O–H groups in total. The highest BCUT2D eigenvalue weighted by atomic mass is 35.5. The molecule has 222 valence electrons. The second kappa shape index (κ2) is 9.46. The first-order valence-electron chi connectivity index (χ1n) is 15.7. The molecular formula is C34H34ClF2N5O. The van der Waals surface area contributed by atoms with Crippen LogP contribution in [0, 0.1) is 11.7 Å². The van der Waals surface area contributed by atoms with E-state index < -0.39 is 12.0 Å². The Morgan fingerprint density at radius 1 is 1.09 bits per heavy atom. The van der Waals surface area contributed by atoms with Gasteiger partial charge in [0.25, 0.3) is 0 Å². The van der Waals surface area contributed by atoms with E-state index in [0.29, 0.717) is 63.2 Å². The molecule has 5 aliphatic rings. The molecule has 9 heteroatoms. The third kappa shape index (κ3) is 4.02. The van der Waals surface area contributed by atoms with E-state index in [1.165, 1.54) is 6.07 Å². The summed E-state index contributed by atoms with van der Waals surface area (Å²) in [4.78, 5) is 14.5. The molecule has 4 aromatic rings. The van der Waals surface area contributed by atoms with Crippen LogP contribution in [-0.4, -0.2) is 69.9 Å². The van der Waals surface area contributed by atoms with Gasteiger partial charge in [-0.1, -0.05) is 23.7 Å². The van der Waals surface area contributed by atoms with E-state index in [9.17, 15) is 9.50 Å². The van der Waals surface area contributed by atoms with Crippen LogP contribution in [0.1, 0.15) is 50.1 Å². The van der Waals surface area contributed by atoms with Gasteiger partial charge in [-0.25, -0.2) is 13.8 Å². The summed E-state index contributed by atoms with van der Waals surface area (Å²) in [6.07, 6.45) is 6.96. The van der Waals surface area contributed by atoms with Gasteiger partial charge in [0.2, 0.25) is 0 Å². The molecule has 1 aliphatic carbocycles. The molecule has 6 nitrogen and oxygen atoms in total. The quantitative estimate of drug-likeness (QED) is 0.276. The van der Waals surface area contributed by atoms with E-state index in [-0.39, 0.29) is 22.9 Å². The van der Waals surface area contributed by atoms with Crippen LogP contribution in [-0.2, 0) is 0 Å². The zero-order chi connectivity index (χ0) is 29.0.